The second-order valence-corrected chi connectivity index (χ2v) is 8.13. The number of rotatable bonds is 7. The minimum Gasteiger partial charge on any atom is -0.461 e. The first-order chi connectivity index (χ1) is 14.2. The van der Waals surface area contributed by atoms with Crippen molar-refractivity contribution in [2.75, 3.05) is 24.6 Å². The van der Waals surface area contributed by atoms with Gasteiger partial charge in [0.05, 0.1) is 18.8 Å². The van der Waals surface area contributed by atoms with Crippen molar-refractivity contribution < 1.29 is 18.3 Å². The predicted octanol–water partition coefficient (Wildman–Crippen LogP) is 4.28. The molecule has 0 spiro atoms. The summed E-state index contributed by atoms with van der Waals surface area (Å²) >= 11 is 0. The van der Waals surface area contributed by atoms with Gasteiger partial charge < -0.3 is 9.64 Å². The number of nitrogens with zero attached hydrogens (tertiary/aromatic N) is 4. The van der Waals surface area contributed by atoms with Crippen LogP contribution in [-0.2, 0) is 17.6 Å². The summed E-state index contributed by atoms with van der Waals surface area (Å²) in [6.07, 6.45) is 1.19. The maximum Gasteiger partial charge on any atom is 0.356 e. The first-order valence-electron chi connectivity index (χ1n) is 10.5. The molecule has 3 heterocycles. The Morgan fingerprint density at radius 2 is 2.07 bits per heavy atom. The summed E-state index contributed by atoms with van der Waals surface area (Å²) in [4.78, 5) is 18.6. The normalized spacial score (nSPS) is 18.3. The Labute approximate surface area is 176 Å². The number of anilines is 1. The number of carbonyl (C=O) groups excluding carboxylic acids is 1. The average molecular weight is 421 g/mol. The van der Waals surface area contributed by atoms with Crippen LogP contribution < -0.4 is 4.90 Å². The van der Waals surface area contributed by atoms with Crippen molar-refractivity contribution in [1.82, 2.24) is 14.8 Å². The Balaban J connectivity index is 1.85. The zero-order valence-electron chi connectivity index (χ0n) is 18.3. The molecule has 2 aromatic rings. The first-order valence-corrected chi connectivity index (χ1v) is 10.5. The van der Waals surface area contributed by atoms with Gasteiger partial charge in [-0.25, -0.2) is 18.6 Å². The molecule has 0 N–H and O–H groups in total. The number of esters is 1. The van der Waals surface area contributed by atoms with Gasteiger partial charge in [-0.1, -0.05) is 19.9 Å². The van der Waals surface area contributed by atoms with Crippen LogP contribution in [0, 0.1) is 5.92 Å². The molecule has 0 amide bonds. The van der Waals surface area contributed by atoms with E-state index in [-0.39, 0.29) is 12.6 Å². The third-order valence-electron chi connectivity index (χ3n) is 5.46. The summed E-state index contributed by atoms with van der Waals surface area (Å²) < 4.78 is 34.7. The van der Waals surface area contributed by atoms with Crippen molar-refractivity contribution in [1.29, 1.82) is 0 Å². The Morgan fingerprint density at radius 3 is 2.63 bits per heavy atom. The van der Waals surface area contributed by atoms with Crippen LogP contribution in [0.15, 0.2) is 18.2 Å². The molecule has 1 aliphatic heterocycles. The minimum atomic E-state index is -2.69. The van der Waals surface area contributed by atoms with Crippen molar-refractivity contribution in [2.24, 2.45) is 5.92 Å². The summed E-state index contributed by atoms with van der Waals surface area (Å²) in [5.74, 6) is -3.19. The number of hydrogen-bond donors (Lipinski definition) is 0. The molecule has 164 valence electrons. The second kappa shape index (κ2) is 8.70. The second-order valence-electron chi connectivity index (χ2n) is 8.13. The maximum atomic E-state index is 13.9. The Morgan fingerprint density at radius 1 is 1.33 bits per heavy atom. The molecule has 2 aromatic heterocycles. The summed E-state index contributed by atoms with van der Waals surface area (Å²) in [5, 5.41) is 4.59. The number of ether oxygens (including phenoxy) is 1. The quantitative estimate of drug-likeness (QED) is 0.626. The smallest absolute Gasteiger partial charge is 0.356 e. The number of aryl methyl sites for hydroxylation is 1. The number of halogens is 2. The molecule has 3 rings (SSSR count). The Kier molecular flexibility index (Phi) is 6.43. The molecular formula is C22H30F2N4O2. The third kappa shape index (κ3) is 4.47. The van der Waals surface area contributed by atoms with E-state index in [1.54, 1.807) is 35.6 Å². The van der Waals surface area contributed by atoms with Crippen LogP contribution in [0.25, 0.3) is 0 Å². The molecule has 6 nitrogen and oxygen atoms in total. The zero-order chi connectivity index (χ0) is 22.1. The largest absolute Gasteiger partial charge is 0.461 e. The number of alkyl halides is 2. The van der Waals surface area contributed by atoms with Crippen LogP contribution in [0.3, 0.4) is 0 Å². The molecule has 1 aliphatic rings. The van der Waals surface area contributed by atoms with Crippen LogP contribution in [0.4, 0.5) is 14.6 Å². The summed E-state index contributed by atoms with van der Waals surface area (Å²) in [6.45, 7) is 9.55. The third-order valence-corrected chi connectivity index (χ3v) is 5.46. The van der Waals surface area contributed by atoms with Gasteiger partial charge in [-0.05, 0) is 44.9 Å². The standard InChI is InChI=1S/C22H30F2N4O2/c1-6-18-16(8-9-20(25-18)27-12-15(5)22(23,24)13-27)10-17-11-19(21(29)30-7-2)28(26-17)14(3)4/h8-9,11,14-15H,6-7,10,12-13H2,1-5H3. The Hall–Kier alpha value is -2.51. The summed E-state index contributed by atoms with van der Waals surface area (Å²) in [6, 6.07) is 5.51. The molecule has 30 heavy (non-hydrogen) atoms. The number of pyridine rings is 1. The van der Waals surface area contributed by atoms with Gasteiger partial charge in [0.1, 0.15) is 11.5 Å². The average Bonchev–Trinajstić information content (AvgIpc) is 3.23. The molecule has 1 fully saturated rings. The monoisotopic (exact) mass is 420 g/mol. The van der Waals surface area contributed by atoms with E-state index < -0.39 is 17.8 Å². The van der Waals surface area contributed by atoms with Crippen molar-refractivity contribution in [3.8, 4) is 0 Å². The van der Waals surface area contributed by atoms with Crippen LogP contribution in [0.5, 0.6) is 0 Å². The highest BCUT2D eigenvalue weighted by Gasteiger charge is 2.45. The van der Waals surface area contributed by atoms with Crippen LogP contribution in [0.1, 0.15) is 68.1 Å². The number of hydrogen-bond acceptors (Lipinski definition) is 5. The molecular weight excluding hydrogens is 390 g/mol. The predicted molar refractivity (Wildman–Crippen MR) is 111 cm³/mol. The SMILES string of the molecule is CCOC(=O)c1cc(Cc2ccc(N3CC(C)C(F)(F)C3)nc2CC)nn1C(C)C. The topological polar surface area (TPSA) is 60.2 Å². The van der Waals surface area contributed by atoms with Crippen molar-refractivity contribution in [2.45, 2.75) is 59.4 Å². The molecule has 0 bridgehead atoms. The lowest BCUT2D eigenvalue weighted by Gasteiger charge is -2.19. The summed E-state index contributed by atoms with van der Waals surface area (Å²) in [5.41, 5.74) is 3.01. The molecule has 1 saturated heterocycles. The number of carbonyl (C=O) groups is 1. The van der Waals surface area contributed by atoms with Crippen molar-refractivity contribution >= 4 is 11.8 Å². The summed E-state index contributed by atoms with van der Waals surface area (Å²) in [7, 11) is 0. The van der Waals surface area contributed by atoms with Crippen molar-refractivity contribution in [3.05, 3.63) is 40.8 Å². The molecule has 0 aromatic carbocycles. The van der Waals surface area contributed by atoms with E-state index in [1.807, 2.05) is 26.8 Å². The first kappa shape index (κ1) is 22.2. The number of aromatic nitrogens is 3. The van der Waals surface area contributed by atoms with Gasteiger partial charge >= 0.3 is 5.97 Å². The van der Waals surface area contributed by atoms with Crippen LogP contribution in [-0.4, -0.2) is 46.4 Å². The van der Waals surface area contributed by atoms with E-state index in [4.69, 9.17) is 4.74 Å². The maximum absolute atomic E-state index is 13.9. The van der Waals surface area contributed by atoms with Gasteiger partial charge in [0.15, 0.2) is 0 Å². The van der Waals surface area contributed by atoms with Gasteiger partial charge in [0, 0.05) is 30.6 Å². The van der Waals surface area contributed by atoms with E-state index in [2.05, 4.69) is 10.1 Å². The Bertz CT molecular complexity index is 911. The minimum absolute atomic E-state index is 0.0168. The van der Waals surface area contributed by atoms with Crippen molar-refractivity contribution in [3.63, 3.8) is 0 Å². The lowest BCUT2D eigenvalue weighted by Crippen LogP contribution is -2.27. The van der Waals surface area contributed by atoms with Gasteiger partial charge in [-0.15, -0.1) is 0 Å². The van der Waals surface area contributed by atoms with E-state index >= 15 is 0 Å². The highest BCUT2D eigenvalue weighted by atomic mass is 19.3. The molecule has 0 saturated carbocycles. The van der Waals surface area contributed by atoms with E-state index in [9.17, 15) is 13.6 Å². The van der Waals surface area contributed by atoms with Crippen LogP contribution >= 0.6 is 0 Å². The molecule has 0 radical (unpaired) electrons. The van der Waals surface area contributed by atoms with Crippen LogP contribution in [0.2, 0.25) is 0 Å². The van der Waals surface area contributed by atoms with Gasteiger partial charge in [0.25, 0.3) is 5.92 Å². The fraction of sp³-hybridized carbons (Fsp3) is 0.591. The zero-order valence-corrected chi connectivity index (χ0v) is 18.3. The lowest BCUT2D eigenvalue weighted by atomic mass is 10.1. The molecule has 1 atom stereocenters. The van der Waals surface area contributed by atoms with E-state index in [0.717, 1.165) is 17.0 Å². The molecule has 1 unspecified atom stereocenters. The van der Waals surface area contributed by atoms with E-state index in [1.165, 1.54) is 0 Å². The molecule has 8 heteroatoms. The lowest BCUT2D eigenvalue weighted by molar-refractivity contribution is -0.0138. The highest BCUT2D eigenvalue weighted by molar-refractivity contribution is 5.87. The van der Waals surface area contributed by atoms with Gasteiger partial charge in [0.2, 0.25) is 0 Å². The van der Waals surface area contributed by atoms with Gasteiger partial charge in [-0.2, -0.15) is 5.10 Å². The fourth-order valence-corrected chi connectivity index (χ4v) is 3.75. The van der Waals surface area contributed by atoms with E-state index in [0.29, 0.717) is 37.5 Å². The fourth-order valence-electron chi connectivity index (χ4n) is 3.75. The highest BCUT2D eigenvalue weighted by Crippen LogP contribution is 2.35. The van der Waals surface area contributed by atoms with Gasteiger partial charge in [-0.3, -0.25) is 4.68 Å². The molecule has 0 aliphatic carbocycles.